The fourth-order valence-corrected chi connectivity index (χ4v) is 2.48. The highest BCUT2D eigenvalue weighted by molar-refractivity contribution is 6.22. The Morgan fingerprint density at radius 3 is 2.44 bits per heavy atom. The number of nitrogens with zero attached hydrogens (tertiary/aromatic N) is 1. The predicted octanol–water partition coefficient (Wildman–Crippen LogP) is 2.76. The van der Waals surface area contributed by atoms with E-state index in [1.165, 1.54) is 0 Å². The summed E-state index contributed by atoms with van der Waals surface area (Å²) in [5, 5.41) is -0.0458. The summed E-state index contributed by atoms with van der Waals surface area (Å²) >= 11 is 6.03. The third-order valence-corrected chi connectivity index (χ3v) is 3.53. The van der Waals surface area contributed by atoms with E-state index in [2.05, 4.69) is 26.0 Å². The van der Waals surface area contributed by atoms with Gasteiger partial charge in [0.05, 0.1) is 10.9 Å². The highest BCUT2D eigenvalue weighted by Gasteiger charge is 2.38. The van der Waals surface area contributed by atoms with E-state index >= 15 is 0 Å². The summed E-state index contributed by atoms with van der Waals surface area (Å²) in [5.41, 5.74) is 0.872. The number of likely N-dealkylation sites (tertiary alicyclic amines) is 1. The zero-order valence-electron chi connectivity index (χ0n) is 9.61. The van der Waals surface area contributed by atoms with Crippen molar-refractivity contribution in [3.05, 3.63) is 35.9 Å². The summed E-state index contributed by atoms with van der Waals surface area (Å²) in [6.07, 6.45) is 0.456. The molecule has 1 amide bonds. The molecule has 1 atom stereocenters. The van der Waals surface area contributed by atoms with Crippen LogP contribution in [0.25, 0.3) is 0 Å². The van der Waals surface area contributed by atoms with E-state index in [-0.39, 0.29) is 16.8 Å². The van der Waals surface area contributed by atoms with Gasteiger partial charge in [0, 0.05) is 13.0 Å². The molecule has 0 aliphatic carbocycles. The summed E-state index contributed by atoms with van der Waals surface area (Å²) in [6.45, 7) is 4.77. The number of benzene rings is 1. The van der Waals surface area contributed by atoms with E-state index in [0.717, 1.165) is 5.56 Å². The van der Waals surface area contributed by atoms with E-state index in [9.17, 15) is 4.79 Å². The van der Waals surface area contributed by atoms with Crippen molar-refractivity contribution in [3.8, 4) is 0 Å². The van der Waals surface area contributed by atoms with Gasteiger partial charge in [0.2, 0.25) is 5.91 Å². The SMILES string of the molecule is CC(C)(c1ccccc1)N1CC(Cl)CC1=O. The first-order chi connectivity index (χ1) is 7.51. The van der Waals surface area contributed by atoms with Crippen LogP contribution in [0.1, 0.15) is 25.8 Å². The molecule has 1 aromatic carbocycles. The highest BCUT2D eigenvalue weighted by atomic mass is 35.5. The van der Waals surface area contributed by atoms with Gasteiger partial charge in [0.15, 0.2) is 0 Å². The van der Waals surface area contributed by atoms with E-state index in [0.29, 0.717) is 13.0 Å². The molecule has 1 aromatic rings. The normalized spacial score (nSPS) is 21.6. The fourth-order valence-electron chi connectivity index (χ4n) is 2.21. The lowest BCUT2D eigenvalue weighted by Gasteiger charge is -2.36. The van der Waals surface area contributed by atoms with E-state index in [1.807, 2.05) is 23.1 Å². The summed E-state index contributed by atoms with van der Waals surface area (Å²) in [6, 6.07) is 10.1. The van der Waals surface area contributed by atoms with Crippen molar-refractivity contribution in [2.45, 2.75) is 31.2 Å². The van der Waals surface area contributed by atoms with Gasteiger partial charge in [-0.1, -0.05) is 30.3 Å². The lowest BCUT2D eigenvalue weighted by molar-refractivity contribution is -0.132. The number of rotatable bonds is 2. The number of amides is 1. The Labute approximate surface area is 101 Å². The minimum atomic E-state index is -0.276. The van der Waals surface area contributed by atoms with Gasteiger partial charge < -0.3 is 4.90 Å². The number of hydrogen-bond donors (Lipinski definition) is 0. The van der Waals surface area contributed by atoms with Crippen LogP contribution in [0.3, 0.4) is 0 Å². The predicted molar refractivity (Wildman–Crippen MR) is 65.4 cm³/mol. The monoisotopic (exact) mass is 237 g/mol. The maximum atomic E-state index is 11.8. The van der Waals surface area contributed by atoms with Crippen LogP contribution in [-0.2, 0) is 10.3 Å². The first-order valence-corrected chi connectivity index (χ1v) is 5.95. The van der Waals surface area contributed by atoms with Gasteiger partial charge >= 0.3 is 0 Å². The highest BCUT2D eigenvalue weighted by Crippen LogP contribution is 2.32. The molecule has 1 aliphatic rings. The van der Waals surface area contributed by atoms with E-state index in [1.54, 1.807) is 0 Å². The molecule has 86 valence electrons. The molecule has 1 saturated heterocycles. The first kappa shape index (κ1) is 11.5. The van der Waals surface area contributed by atoms with Crippen LogP contribution in [0.15, 0.2) is 30.3 Å². The van der Waals surface area contributed by atoms with Crippen molar-refractivity contribution in [2.24, 2.45) is 0 Å². The van der Waals surface area contributed by atoms with Crippen LogP contribution in [0, 0.1) is 0 Å². The second-order valence-electron chi connectivity index (χ2n) is 4.73. The van der Waals surface area contributed by atoms with Crippen LogP contribution in [0.2, 0.25) is 0 Å². The first-order valence-electron chi connectivity index (χ1n) is 5.52. The minimum Gasteiger partial charge on any atom is -0.332 e. The molecule has 3 heteroatoms. The van der Waals surface area contributed by atoms with Gasteiger partial charge in [-0.05, 0) is 19.4 Å². The molecule has 16 heavy (non-hydrogen) atoms. The average molecular weight is 238 g/mol. The average Bonchev–Trinajstić information content (AvgIpc) is 2.60. The Bertz CT molecular complexity index is 388. The lowest BCUT2D eigenvalue weighted by Crippen LogP contribution is -2.42. The molecular formula is C13H16ClNO. The molecular weight excluding hydrogens is 222 g/mol. The van der Waals surface area contributed by atoms with Crippen LogP contribution in [0.5, 0.6) is 0 Å². The van der Waals surface area contributed by atoms with Gasteiger partial charge in [0.25, 0.3) is 0 Å². The van der Waals surface area contributed by atoms with Crippen molar-refractivity contribution in [2.75, 3.05) is 6.54 Å². The Balaban J connectivity index is 2.29. The quantitative estimate of drug-likeness (QED) is 0.725. The maximum Gasteiger partial charge on any atom is 0.224 e. The molecule has 0 aromatic heterocycles. The number of carbonyl (C=O) groups is 1. The third kappa shape index (κ3) is 1.94. The smallest absolute Gasteiger partial charge is 0.224 e. The standard InChI is InChI=1S/C13H16ClNO/c1-13(2,10-6-4-3-5-7-10)15-9-11(14)8-12(15)16/h3-7,11H,8-9H2,1-2H3. The van der Waals surface area contributed by atoms with Gasteiger partial charge in [0.1, 0.15) is 0 Å². The van der Waals surface area contributed by atoms with Gasteiger partial charge in [-0.25, -0.2) is 0 Å². The molecule has 2 rings (SSSR count). The van der Waals surface area contributed by atoms with Crippen molar-refractivity contribution in [1.82, 2.24) is 4.90 Å². The Morgan fingerprint density at radius 1 is 1.31 bits per heavy atom. The summed E-state index contributed by atoms with van der Waals surface area (Å²) in [5.74, 6) is 0.147. The van der Waals surface area contributed by atoms with Crippen molar-refractivity contribution in [3.63, 3.8) is 0 Å². The molecule has 1 heterocycles. The molecule has 0 radical (unpaired) electrons. The van der Waals surface area contributed by atoms with E-state index in [4.69, 9.17) is 11.6 Å². The van der Waals surface area contributed by atoms with Crippen molar-refractivity contribution in [1.29, 1.82) is 0 Å². The zero-order chi connectivity index (χ0) is 11.8. The zero-order valence-corrected chi connectivity index (χ0v) is 10.4. The van der Waals surface area contributed by atoms with Gasteiger partial charge in [-0.2, -0.15) is 0 Å². The minimum absolute atomic E-state index is 0.0458. The van der Waals surface area contributed by atoms with Crippen LogP contribution < -0.4 is 0 Å². The fraction of sp³-hybridized carbons (Fsp3) is 0.462. The molecule has 0 N–H and O–H groups in total. The Morgan fingerprint density at radius 2 is 1.94 bits per heavy atom. The number of alkyl halides is 1. The van der Waals surface area contributed by atoms with Crippen LogP contribution in [-0.4, -0.2) is 22.7 Å². The molecule has 0 bridgehead atoms. The lowest BCUT2D eigenvalue weighted by atomic mass is 9.92. The molecule has 1 aliphatic heterocycles. The third-order valence-electron chi connectivity index (χ3n) is 3.23. The molecule has 1 unspecified atom stereocenters. The number of carbonyl (C=O) groups excluding carboxylic acids is 1. The number of halogens is 1. The second-order valence-corrected chi connectivity index (χ2v) is 5.35. The topological polar surface area (TPSA) is 20.3 Å². The molecule has 2 nitrogen and oxygen atoms in total. The summed E-state index contributed by atoms with van der Waals surface area (Å²) in [7, 11) is 0. The van der Waals surface area contributed by atoms with Gasteiger partial charge in [-0.15, -0.1) is 11.6 Å². The van der Waals surface area contributed by atoms with Crippen LogP contribution in [0.4, 0.5) is 0 Å². The largest absolute Gasteiger partial charge is 0.332 e. The van der Waals surface area contributed by atoms with E-state index < -0.39 is 0 Å². The maximum absolute atomic E-state index is 11.8. The summed E-state index contributed by atoms with van der Waals surface area (Å²) in [4.78, 5) is 13.7. The van der Waals surface area contributed by atoms with Gasteiger partial charge in [-0.3, -0.25) is 4.79 Å². The van der Waals surface area contributed by atoms with Crippen molar-refractivity contribution >= 4 is 17.5 Å². The van der Waals surface area contributed by atoms with Crippen LogP contribution >= 0.6 is 11.6 Å². The van der Waals surface area contributed by atoms with Crippen molar-refractivity contribution < 1.29 is 4.79 Å². The number of hydrogen-bond acceptors (Lipinski definition) is 1. The Kier molecular flexibility index (Phi) is 2.94. The molecule has 1 fully saturated rings. The summed E-state index contributed by atoms with van der Waals surface area (Å²) < 4.78 is 0. The Hall–Kier alpha value is -1.02. The molecule has 0 spiro atoms. The second kappa shape index (κ2) is 4.10. The molecule has 0 saturated carbocycles.